The van der Waals surface area contributed by atoms with Crippen LogP contribution in [0.2, 0.25) is 0 Å². The van der Waals surface area contributed by atoms with Crippen LogP contribution in [-0.2, 0) is 0 Å². The van der Waals surface area contributed by atoms with Crippen LogP contribution >= 0.6 is 22.6 Å². The summed E-state index contributed by atoms with van der Waals surface area (Å²) in [6, 6.07) is 31.6. The standard InChI is InChI=1S/C25H17IN2/c26-23-14-8-7-13-21(23)22-15-20(18-9-3-1-4-10-18)16-28-17-24(27-25(22)28)19-11-5-2-6-12-19/h1-17H. The van der Waals surface area contributed by atoms with E-state index in [4.69, 9.17) is 4.98 Å². The van der Waals surface area contributed by atoms with Crippen molar-refractivity contribution in [2.45, 2.75) is 0 Å². The van der Waals surface area contributed by atoms with Crippen molar-refractivity contribution in [2.75, 3.05) is 0 Å². The Morgan fingerprint density at radius 2 is 1.25 bits per heavy atom. The van der Waals surface area contributed by atoms with Crippen LogP contribution in [0.15, 0.2) is 103 Å². The second-order valence-corrected chi connectivity index (χ2v) is 7.87. The molecule has 0 fully saturated rings. The summed E-state index contributed by atoms with van der Waals surface area (Å²) in [5.74, 6) is 0. The summed E-state index contributed by atoms with van der Waals surface area (Å²) in [5, 5.41) is 0. The largest absolute Gasteiger partial charge is 0.305 e. The fraction of sp³-hybridized carbons (Fsp3) is 0. The monoisotopic (exact) mass is 472 g/mol. The van der Waals surface area contributed by atoms with Gasteiger partial charge >= 0.3 is 0 Å². The maximum absolute atomic E-state index is 4.99. The number of aromatic nitrogens is 2. The summed E-state index contributed by atoms with van der Waals surface area (Å²) < 4.78 is 3.37. The first-order chi connectivity index (χ1) is 13.8. The Balaban J connectivity index is 1.80. The Bertz CT molecular complexity index is 1260. The van der Waals surface area contributed by atoms with Crippen LogP contribution in [0.25, 0.3) is 39.2 Å². The molecule has 0 unspecified atom stereocenters. The van der Waals surface area contributed by atoms with Crippen molar-refractivity contribution in [3.05, 3.63) is 107 Å². The van der Waals surface area contributed by atoms with Crippen molar-refractivity contribution in [3.63, 3.8) is 0 Å². The van der Waals surface area contributed by atoms with Gasteiger partial charge in [-0.25, -0.2) is 4.98 Å². The van der Waals surface area contributed by atoms with E-state index >= 15 is 0 Å². The number of halogens is 1. The normalized spacial score (nSPS) is 11.0. The number of rotatable bonds is 3. The van der Waals surface area contributed by atoms with E-state index in [1.807, 2.05) is 12.1 Å². The van der Waals surface area contributed by atoms with E-state index in [9.17, 15) is 0 Å². The molecule has 0 saturated carbocycles. The number of hydrogen-bond acceptors (Lipinski definition) is 1. The summed E-state index contributed by atoms with van der Waals surface area (Å²) >= 11 is 2.40. The highest BCUT2D eigenvalue weighted by Crippen LogP contribution is 2.34. The van der Waals surface area contributed by atoms with Gasteiger partial charge in [-0.05, 0) is 51.4 Å². The smallest absolute Gasteiger partial charge is 0.145 e. The molecule has 0 aliphatic carbocycles. The molecule has 3 heteroatoms. The summed E-state index contributed by atoms with van der Waals surface area (Å²) in [4.78, 5) is 4.99. The van der Waals surface area contributed by atoms with E-state index in [1.165, 1.54) is 20.3 Å². The fourth-order valence-electron chi connectivity index (χ4n) is 3.51. The van der Waals surface area contributed by atoms with Gasteiger partial charge in [0, 0.05) is 27.1 Å². The highest BCUT2D eigenvalue weighted by atomic mass is 127. The van der Waals surface area contributed by atoms with Crippen LogP contribution in [0.3, 0.4) is 0 Å². The molecule has 0 spiro atoms. The minimum atomic E-state index is 0.975. The quantitative estimate of drug-likeness (QED) is 0.260. The van der Waals surface area contributed by atoms with E-state index in [2.05, 4.69) is 118 Å². The fourth-order valence-corrected chi connectivity index (χ4v) is 4.19. The molecule has 0 atom stereocenters. The molecule has 28 heavy (non-hydrogen) atoms. The Hall–Kier alpha value is -2.92. The zero-order chi connectivity index (χ0) is 18.9. The number of nitrogens with zero attached hydrogens (tertiary/aromatic N) is 2. The molecular formula is C25H17IN2. The van der Waals surface area contributed by atoms with Crippen molar-refractivity contribution in [1.82, 2.24) is 9.38 Å². The van der Waals surface area contributed by atoms with Gasteiger partial charge in [-0.1, -0.05) is 78.9 Å². The SMILES string of the molecule is Ic1ccccc1-c1cc(-c2ccccc2)cn2cc(-c3ccccc3)nc12. The van der Waals surface area contributed by atoms with Gasteiger partial charge in [-0.3, -0.25) is 0 Å². The molecule has 5 rings (SSSR count). The molecular weight excluding hydrogens is 455 g/mol. The summed E-state index contributed by atoms with van der Waals surface area (Å²) in [7, 11) is 0. The maximum Gasteiger partial charge on any atom is 0.145 e. The number of benzene rings is 3. The topological polar surface area (TPSA) is 17.3 Å². The van der Waals surface area contributed by atoms with Crippen LogP contribution in [0.4, 0.5) is 0 Å². The van der Waals surface area contributed by atoms with Gasteiger partial charge in [-0.2, -0.15) is 0 Å². The van der Waals surface area contributed by atoms with E-state index < -0.39 is 0 Å². The van der Waals surface area contributed by atoms with Crippen molar-refractivity contribution >= 4 is 28.2 Å². The Kier molecular flexibility index (Phi) is 4.45. The van der Waals surface area contributed by atoms with Gasteiger partial charge in [0.15, 0.2) is 0 Å². The molecule has 3 aromatic carbocycles. The zero-order valence-corrected chi connectivity index (χ0v) is 17.2. The zero-order valence-electron chi connectivity index (χ0n) is 15.1. The minimum absolute atomic E-state index is 0.975. The Labute approximate surface area is 177 Å². The molecule has 0 aliphatic rings. The molecule has 0 saturated heterocycles. The molecule has 2 heterocycles. The molecule has 0 radical (unpaired) electrons. The third-order valence-electron chi connectivity index (χ3n) is 4.89. The highest BCUT2D eigenvalue weighted by molar-refractivity contribution is 14.1. The van der Waals surface area contributed by atoms with E-state index in [1.54, 1.807) is 0 Å². The average Bonchev–Trinajstić information content (AvgIpc) is 3.19. The van der Waals surface area contributed by atoms with E-state index in [0.717, 1.165) is 22.5 Å². The predicted octanol–water partition coefficient (Wildman–Crippen LogP) is 6.94. The summed E-state index contributed by atoms with van der Waals surface area (Å²) in [5.41, 5.74) is 7.82. The molecule has 2 aromatic heterocycles. The third-order valence-corrected chi connectivity index (χ3v) is 5.83. The van der Waals surface area contributed by atoms with Gasteiger partial charge in [-0.15, -0.1) is 0 Å². The van der Waals surface area contributed by atoms with Crippen LogP contribution in [-0.4, -0.2) is 9.38 Å². The third kappa shape index (κ3) is 3.12. The molecule has 134 valence electrons. The van der Waals surface area contributed by atoms with Gasteiger partial charge in [0.1, 0.15) is 5.65 Å². The second kappa shape index (κ2) is 7.24. The van der Waals surface area contributed by atoms with Crippen LogP contribution in [0.1, 0.15) is 0 Å². The van der Waals surface area contributed by atoms with Crippen LogP contribution in [0, 0.1) is 3.57 Å². The lowest BCUT2D eigenvalue weighted by Crippen LogP contribution is -1.92. The number of imidazole rings is 1. The molecule has 0 N–H and O–H groups in total. The van der Waals surface area contributed by atoms with Gasteiger partial charge in [0.2, 0.25) is 0 Å². The van der Waals surface area contributed by atoms with Crippen LogP contribution < -0.4 is 0 Å². The van der Waals surface area contributed by atoms with Crippen molar-refractivity contribution in [2.24, 2.45) is 0 Å². The number of pyridine rings is 1. The van der Waals surface area contributed by atoms with E-state index in [-0.39, 0.29) is 0 Å². The summed E-state index contributed by atoms with van der Waals surface area (Å²) in [6.45, 7) is 0. The number of fused-ring (bicyclic) bond motifs is 1. The lowest BCUT2D eigenvalue weighted by Gasteiger charge is -2.10. The molecule has 5 aromatic rings. The van der Waals surface area contributed by atoms with Crippen molar-refractivity contribution in [1.29, 1.82) is 0 Å². The van der Waals surface area contributed by atoms with Crippen molar-refractivity contribution < 1.29 is 0 Å². The molecule has 0 aliphatic heterocycles. The Morgan fingerprint density at radius 3 is 1.96 bits per heavy atom. The molecule has 2 nitrogen and oxygen atoms in total. The van der Waals surface area contributed by atoms with Gasteiger partial charge in [0.25, 0.3) is 0 Å². The lowest BCUT2D eigenvalue weighted by molar-refractivity contribution is 1.19. The molecule has 0 amide bonds. The summed E-state index contributed by atoms with van der Waals surface area (Å²) in [6.07, 6.45) is 4.29. The van der Waals surface area contributed by atoms with E-state index in [0.29, 0.717) is 0 Å². The average molecular weight is 472 g/mol. The minimum Gasteiger partial charge on any atom is -0.305 e. The van der Waals surface area contributed by atoms with Crippen molar-refractivity contribution in [3.8, 4) is 33.5 Å². The van der Waals surface area contributed by atoms with Gasteiger partial charge < -0.3 is 4.40 Å². The first-order valence-electron chi connectivity index (χ1n) is 9.18. The highest BCUT2D eigenvalue weighted by Gasteiger charge is 2.14. The first kappa shape index (κ1) is 17.2. The number of hydrogen-bond donors (Lipinski definition) is 0. The second-order valence-electron chi connectivity index (χ2n) is 6.71. The van der Waals surface area contributed by atoms with Crippen LogP contribution in [0.5, 0.6) is 0 Å². The molecule has 0 bridgehead atoms. The Morgan fingerprint density at radius 1 is 0.607 bits per heavy atom. The van der Waals surface area contributed by atoms with Gasteiger partial charge in [0.05, 0.1) is 5.69 Å². The lowest BCUT2D eigenvalue weighted by atomic mass is 10.0. The predicted molar refractivity (Wildman–Crippen MR) is 124 cm³/mol. The maximum atomic E-state index is 4.99. The first-order valence-corrected chi connectivity index (χ1v) is 10.3.